The number of rotatable bonds is 7. The molecule has 0 spiro atoms. The maximum absolute atomic E-state index is 12.5. The topological polar surface area (TPSA) is 88.9 Å². The second-order valence-corrected chi connectivity index (χ2v) is 7.95. The van der Waals surface area contributed by atoms with E-state index in [2.05, 4.69) is 20.0 Å². The normalized spacial score (nSPS) is 11.6. The van der Waals surface area contributed by atoms with Crippen molar-refractivity contribution in [1.29, 1.82) is 0 Å². The molecule has 0 radical (unpaired) electrons. The van der Waals surface area contributed by atoms with Crippen LogP contribution in [-0.2, 0) is 10.0 Å². The van der Waals surface area contributed by atoms with E-state index < -0.39 is 10.0 Å². The Kier molecular flexibility index (Phi) is 5.05. The number of aromatic nitrogens is 3. The molecule has 0 saturated carbocycles. The molecule has 2 aromatic heterocycles. The summed E-state index contributed by atoms with van der Waals surface area (Å²) in [5, 5.41) is 5.01. The van der Waals surface area contributed by atoms with Crippen LogP contribution in [0.5, 0.6) is 0 Å². The summed E-state index contributed by atoms with van der Waals surface area (Å²) in [6.45, 7) is 0.632. The van der Waals surface area contributed by atoms with E-state index in [1.807, 2.05) is 59.4 Å². The predicted molar refractivity (Wildman–Crippen MR) is 109 cm³/mol. The first-order chi connectivity index (χ1) is 13.6. The number of anilines is 1. The zero-order chi connectivity index (χ0) is 19.4. The van der Waals surface area contributed by atoms with E-state index >= 15 is 0 Å². The first kappa shape index (κ1) is 18.1. The molecule has 8 heteroatoms. The Balaban J connectivity index is 1.37. The van der Waals surface area contributed by atoms with Crippen LogP contribution in [0.2, 0.25) is 0 Å². The van der Waals surface area contributed by atoms with Crippen molar-refractivity contribution in [2.75, 3.05) is 18.4 Å². The molecule has 0 saturated heterocycles. The van der Waals surface area contributed by atoms with Crippen LogP contribution in [0.1, 0.15) is 0 Å². The van der Waals surface area contributed by atoms with Crippen molar-refractivity contribution < 1.29 is 8.42 Å². The van der Waals surface area contributed by atoms with Crippen molar-refractivity contribution in [3.63, 3.8) is 0 Å². The van der Waals surface area contributed by atoms with Crippen LogP contribution in [-0.4, -0.2) is 36.0 Å². The summed E-state index contributed by atoms with van der Waals surface area (Å²) in [6, 6.07) is 18.4. The second kappa shape index (κ2) is 7.79. The van der Waals surface area contributed by atoms with E-state index in [0.29, 0.717) is 12.4 Å². The van der Waals surface area contributed by atoms with Gasteiger partial charge in [-0.25, -0.2) is 23.1 Å². The van der Waals surface area contributed by atoms with Gasteiger partial charge in [-0.1, -0.05) is 30.3 Å². The Morgan fingerprint density at radius 2 is 1.64 bits per heavy atom. The Bertz CT molecular complexity index is 1190. The van der Waals surface area contributed by atoms with Crippen LogP contribution < -0.4 is 10.0 Å². The number of nitrogens with one attached hydrogen (secondary N) is 2. The molecule has 2 N–H and O–H groups in total. The molecule has 0 amide bonds. The summed E-state index contributed by atoms with van der Waals surface area (Å²) < 4.78 is 29.5. The molecule has 0 atom stereocenters. The highest BCUT2D eigenvalue weighted by atomic mass is 32.2. The largest absolute Gasteiger partial charge is 0.369 e. The fraction of sp³-hybridized carbons (Fsp3) is 0.100. The number of hydrogen-bond donors (Lipinski definition) is 2. The second-order valence-electron chi connectivity index (χ2n) is 6.19. The van der Waals surface area contributed by atoms with Gasteiger partial charge < -0.3 is 9.88 Å². The molecule has 0 fully saturated rings. The third-order valence-electron chi connectivity index (χ3n) is 4.28. The third-order valence-corrected chi connectivity index (χ3v) is 5.73. The quantitative estimate of drug-likeness (QED) is 0.471. The van der Waals surface area contributed by atoms with Gasteiger partial charge in [0, 0.05) is 31.5 Å². The minimum atomic E-state index is -3.58. The SMILES string of the molecule is O=S(=O)(NCCNc1cc(-n2cccc2)ncn1)c1ccc2ccccc2c1. The van der Waals surface area contributed by atoms with Crippen LogP contribution in [0.3, 0.4) is 0 Å². The third kappa shape index (κ3) is 4.03. The van der Waals surface area contributed by atoms with Crippen LogP contribution >= 0.6 is 0 Å². The van der Waals surface area contributed by atoms with Gasteiger partial charge in [0.15, 0.2) is 0 Å². The Labute approximate surface area is 163 Å². The highest BCUT2D eigenvalue weighted by molar-refractivity contribution is 7.89. The summed E-state index contributed by atoms with van der Waals surface area (Å²) in [4.78, 5) is 8.63. The molecule has 0 unspecified atom stereocenters. The monoisotopic (exact) mass is 393 g/mol. The molecule has 0 aliphatic heterocycles. The standard InChI is InChI=1S/C20H19N5O2S/c26-28(27,18-8-7-16-5-1-2-6-17(16)13-18)24-10-9-21-19-14-20(23-15-22-19)25-11-3-4-12-25/h1-8,11-15,24H,9-10H2,(H,21,22,23). The number of sulfonamides is 1. The number of nitrogens with zero attached hydrogens (tertiary/aromatic N) is 3. The molecule has 7 nitrogen and oxygen atoms in total. The number of fused-ring (bicyclic) bond motifs is 1. The van der Waals surface area contributed by atoms with E-state index in [1.165, 1.54) is 6.33 Å². The Hall–Kier alpha value is -3.23. The molecular formula is C20H19N5O2S. The lowest BCUT2D eigenvalue weighted by atomic mass is 10.1. The average Bonchev–Trinajstić information content (AvgIpc) is 3.26. The van der Waals surface area contributed by atoms with Crippen LogP contribution in [0.15, 0.2) is 84.3 Å². The molecule has 4 aromatic rings. The van der Waals surface area contributed by atoms with Gasteiger partial charge in [-0.15, -0.1) is 0 Å². The van der Waals surface area contributed by atoms with Crippen molar-refractivity contribution in [3.8, 4) is 5.82 Å². The van der Waals surface area contributed by atoms with Crippen molar-refractivity contribution in [1.82, 2.24) is 19.3 Å². The van der Waals surface area contributed by atoms with Crippen molar-refractivity contribution in [2.24, 2.45) is 0 Å². The smallest absolute Gasteiger partial charge is 0.240 e. The molecule has 0 bridgehead atoms. The first-order valence-electron chi connectivity index (χ1n) is 8.80. The first-order valence-corrected chi connectivity index (χ1v) is 10.3. The van der Waals surface area contributed by atoms with Gasteiger partial charge in [-0.2, -0.15) is 0 Å². The molecule has 0 aliphatic rings. The zero-order valence-electron chi connectivity index (χ0n) is 15.0. The van der Waals surface area contributed by atoms with Gasteiger partial charge in [0.1, 0.15) is 18.0 Å². The number of hydrogen-bond acceptors (Lipinski definition) is 5. The fourth-order valence-corrected chi connectivity index (χ4v) is 3.93. The number of benzene rings is 2. The van der Waals surface area contributed by atoms with E-state index in [0.717, 1.165) is 16.6 Å². The molecule has 2 aromatic carbocycles. The van der Waals surface area contributed by atoms with Gasteiger partial charge in [-0.05, 0) is 35.0 Å². The average molecular weight is 393 g/mol. The van der Waals surface area contributed by atoms with E-state index in [4.69, 9.17) is 0 Å². The van der Waals surface area contributed by atoms with Gasteiger partial charge >= 0.3 is 0 Å². The fourth-order valence-electron chi connectivity index (χ4n) is 2.87. The molecule has 2 heterocycles. The van der Waals surface area contributed by atoms with Crippen LogP contribution in [0, 0.1) is 0 Å². The highest BCUT2D eigenvalue weighted by Crippen LogP contribution is 2.18. The molecule has 142 valence electrons. The highest BCUT2D eigenvalue weighted by Gasteiger charge is 2.13. The Morgan fingerprint density at radius 1 is 0.857 bits per heavy atom. The molecule has 28 heavy (non-hydrogen) atoms. The van der Waals surface area contributed by atoms with E-state index in [1.54, 1.807) is 18.2 Å². The summed E-state index contributed by atoms with van der Waals surface area (Å²) in [5.74, 6) is 1.36. The zero-order valence-corrected chi connectivity index (χ0v) is 15.8. The maximum atomic E-state index is 12.5. The lowest BCUT2D eigenvalue weighted by Gasteiger charge is -2.10. The van der Waals surface area contributed by atoms with E-state index in [9.17, 15) is 8.42 Å². The Morgan fingerprint density at radius 3 is 2.46 bits per heavy atom. The van der Waals surface area contributed by atoms with Gasteiger partial charge in [-0.3, -0.25) is 0 Å². The van der Waals surface area contributed by atoms with Gasteiger partial charge in [0.05, 0.1) is 4.90 Å². The summed E-state index contributed by atoms with van der Waals surface area (Å²) in [7, 11) is -3.58. The maximum Gasteiger partial charge on any atom is 0.240 e. The van der Waals surface area contributed by atoms with Crippen LogP contribution in [0.4, 0.5) is 5.82 Å². The van der Waals surface area contributed by atoms with Gasteiger partial charge in [0.2, 0.25) is 10.0 Å². The predicted octanol–water partition coefficient (Wildman–Crippen LogP) is 2.81. The van der Waals surface area contributed by atoms with Crippen molar-refractivity contribution in [2.45, 2.75) is 4.90 Å². The van der Waals surface area contributed by atoms with Crippen LogP contribution in [0.25, 0.3) is 16.6 Å². The van der Waals surface area contributed by atoms with Crippen molar-refractivity contribution >= 4 is 26.6 Å². The minimum absolute atomic E-state index is 0.234. The minimum Gasteiger partial charge on any atom is -0.369 e. The molecular weight excluding hydrogens is 374 g/mol. The lowest BCUT2D eigenvalue weighted by molar-refractivity contribution is 0.583. The molecule has 4 rings (SSSR count). The summed E-state index contributed by atoms with van der Waals surface area (Å²) in [6.07, 6.45) is 5.25. The van der Waals surface area contributed by atoms with E-state index in [-0.39, 0.29) is 11.4 Å². The van der Waals surface area contributed by atoms with Gasteiger partial charge in [0.25, 0.3) is 0 Å². The summed E-state index contributed by atoms with van der Waals surface area (Å²) in [5.41, 5.74) is 0. The lowest BCUT2D eigenvalue weighted by Crippen LogP contribution is -2.29. The molecule has 0 aliphatic carbocycles. The van der Waals surface area contributed by atoms with Crippen molar-refractivity contribution in [3.05, 3.63) is 79.4 Å². The summed E-state index contributed by atoms with van der Waals surface area (Å²) >= 11 is 0.